The molecule has 1 aliphatic rings. The maximum atomic E-state index is 12.3. The van der Waals surface area contributed by atoms with E-state index in [1.54, 1.807) is 12.1 Å². The van der Waals surface area contributed by atoms with Crippen molar-refractivity contribution in [2.45, 2.75) is 6.42 Å². The first-order valence-electron chi connectivity index (χ1n) is 7.19. The maximum Gasteiger partial charge on any atom is 0.335 e. The Morgan fingerprint density at radius 2 is 1.56 bits per heavy atom. The van der Waals surface area contributed by atoms with Crippen molar-refractivity contribution in [2.24, 2.45) is 0 Å². The Labute approximate surface area is 141 Å². The topological polar surface area (TPSA) is 133 Å². The van der Waals surface area contributed by atoms with E-state index in [9.17, 15) is 19.2 Å². The fraction of sp³-hybridized carbons (Fsp3) is 0.0588. The average Bonchev–Trinajstić information content (AvgIpc) is 2.93. The Hall–Kier alpha value is -3.68. The molecule has 0 aromatic heterocycles. The van der Waals surface area contributed by atoms with Gasteiger partial charge in [0.1, 0.15) is 0 Å². The zero-order valence-corrected chi connectivity index (χ0v) is 12.7. The summed E-state index contributed by atoms with van der Waals surface area (Å²) in [5.74, 6) is -3.31. The van der Waals surface area contributed by atoms with Crippen LogP contribution in [0.2, 0.25) is 0 Å². The van der Waals surface area contributed by atoms with Crippen LogP contribution in [0.25, 0.3) is 0 Å². The molecule has 2 amide bonds. The number of fused-ring (bicyclic) bond motifs is 1. The molecule has 8 heteroatoms. The van der Waals surface area contributed by atoms with Gasteiger partial charge in [-0.15, -0.1) is 0 Å². The highest BCUT2D eigenvalue weighted by molar-refractivity contribution is 6.07. The molecule has 3 rings (SSSR count). The quantitative estimate of drug-likeness (QED) is 0.671. The molecule has 0 saturated carbocycles. The zero-order chi connectivity index (χ0) is 18.1. The van der Waals surface area contributed by atoms with Gasteiger partial charge in [0.2, 0.25) is 5.91 Å². The number of amides is 2. The Kier molecular flexibility index (Phi) is 3.94. The van der Waals surface area contributed by atoms with Crippen LogP contribution in [0.3, 0.4) is 0 Å². The van der Waals surface area contributed by atoms with Crippen LogP contribution in [-0.4, -0.2) is 34.0 Å². The summed E-state index contributed by atoms with van der Waals surface area (Å²) in [6.45, 7) is 0. The number of anilines is 2. The lowest BCUT2D eigenvalue weighted by Gasteiger charge is -2.09. The minimum Gasteiger partial charge on any atom is -0.478 e. The SMILES string of the molecule is O=C1Cc2cc(C(=O)Nc3cc(C(=O)O)cc(C(=O)O)c3)ccc2N1. The van der Waals surface area contributed by atoms with Crippen LogP contribution in [0.1, 0.15) is 36.6 Å². The maximum absolute atomic E-state index is 12.3. The molecule has 4 N–H and O–H groups in total. The summed E-state index contributed by atoms with van der Waals surface area (Å²) in [5.41, 5.74) is 1.15. The minimum atomic E-state index is -1.30. The Bertz CT molecular complexity index is 902. The molecule has 0 bridgehead atoms. The highest BCUT2D eigenvalue weighted by atomic mass is 16.4. The number of rotatable bonds is 4. The zero-order valence-electron chi connectivity index (χ0n) is 12.7. The van der Waals surface area contributed by atoms with Gasteiger partial charge in [0, 0.05) is 16.9 Å². The molecule has 1 heterocycles. The van der Waals surface area contributed by atoms with E-state index in [0.29, 0.717) is 11.3 Å². The monoisotopic (exact) mass is 340 g/mol. The number of nitrogens with one attached hydrogen (secondary N) is 2. The van der Waals surface area contributed by atoms with E-state index in [-0.39, 0.29) is 34.7 Å². The number of carbonyl (C=O) groups is 4. The van der Waals surface area contributed by atoms with E-state index in [1.165, 1.54) is 18.2 Å². The minimum absolute atomic E-state index is 0.0528. The fourth-order valence-electron chi connectivity index (χ4n) is 2.52. The van der Waals surface area contributed by atoms with Crippen molar-refractivity contribution in [3.8, 4) is 0 Å². The van der Waals surface area contributed by atoms with E-state index in [2.05, 4.69) is 10.6 Å². The van der Waals surface area contributed by atoms with Gasteiger partial charge in [0.15, 0.2) is 0 Å². The van der Waals surface area contributed by atoms with Gasteiger partial charge in [-0.2, -0.15) is 0 Å². The fourth-order valence-corrected chi connectivity index (χ4v) is 2.52. The van der Waals surface area contributed by atoms with Crippen LogP contribution in [0.5, 0.6) is 0 Å². The van der Waals surface area contributed by atoms with Crippen LogP contribution >= 0.6 is 0 Å². The third kappa shape index (κ3) is 3.32. The molecular formula is C17H12N2O6. The Balaban J connectivity index is 1.88. The summed E-state index contributed by atoms with van der Waals surface area (Å²) in [6, 6.07) is 8.02. The molecular weight excluding hydrogens is 328 g/mol. The van der Waals surface area contributed by atoms with Crippen molar-refractivity contribution in [3.05, 3.63) is 58.7 Å². The lowest BCUT2D eigenvalue weighted by molar-refractivity contribution is -0.115. The van der Waals surface area contributed by atoms with Crippen molar-refractivity contribution in [3.63, 3.8) is 0 Å². The third-order valence-electron chi connectivity index (χ3n) is 3.68. The van der Waals surface area contributed by atoms with E-state index < -0.39 is 17.8 Å². The van der Waals surface area contributed by atoms with E-state index in [4.69, 9.17) is 10.2 Å². The van der Waals surface area contributed by atoms with Crippen molar-refractivity contribution in [2.75, 3.05) is 10.6 Å². The molecule has 0 unspecified atom stereocenters. The summed E-state index contributed by atoms with van der Waals surface area (Å²) in [7, 11) is 0. The van der Waals surface area contributed by atoms with Gasteiger partial charge in [0.05, 0.1) is 17.5 Å². The van der Waals surface area contributed by atoms with Gasteiger partial charge in [-0.3, -0.25) is 9.59 Å². The summed E-state index contributed by atoms with van der Waals surface area (Å²) in [6.07, 6.45) is 0.175. The van der Waals surface area contributed by atoms with Crippen LogP contribution in [0.4, 0.5) is 11.4 Å². The van der Waals surface area contributed by atoms with Crippen LogP contribution in [-0.2, 0) is 11.2 Å². The van der Waals surface area contributed by atoms with Crippen molar-refractivity contribution < 1.29 is 29.4 Å². The molecule has 0 radical (unpaired) electrons. The lowest BCUT2D eigenvalue weighted by atomic mass is 10.1. The standard InChI is InChI=1S/C17H12N2O6/c20-14-7-9-3-8(1-2-13(9)19-14)15(21)18-12-5-10(16(22)23)4-11(6-12)17(24)25/h1-6H,7H2,(H,18,21)(H,19,20)(H,22,23)(H,24,25). The lowest BCUT2D eigenvalue weighted by Crippen LogP contribution is -2.14. The van der Waals surface area contributed by atoms with Crippen molar-refractivity contribution in [1.82, 2.24) is 0 Å². The average molecular weight is 340 g/mol. The first-order chi connectivity index (χ1) is 11.8. The van der Waals surface area contributed by atoms with E-state index >= 15 is 0 Å². The second kappa shape index (κ2) is 6.08. The molecule has 0 saturated heterocycles. The van der Waals surface area contributed by atoms with E-state index in [0.717, 1.165) is 6.07 Å². The van der Waals surface area contributed by atoms with Crippen LogP contribution < -0.4 is 10.6 Å². The summed E-state index contributed by atoms with van der Waals surface area (Å²) >= 11 is 0. The number of aromatic carboxylic acids is 2. The molecule has 126 valence electrons. The predicted molar refractivity (Wildman–Crippen MR) is 87.1 cm³/mol. The third-order valence-corrected chi connectivity index (χ3v) is 3.68. The Morgan fingerprint density at radius 3 is 2.16 bits per heavy atom. The predicted octanol–water partition coefficient (Wildman–Crippen LogP) is 1.83. The number of hydrogen-bond acceptors (Lipinski definition) is 4. The van der Waals surface area contributed by atoms with Gasteiger partial charge >= 0.3 is 11.9 Å². The first kappa shape index (κ1) is 16.2. The molecule has 0 fully saturated rings. The molecule has 8 nitrogen and oxygen atoms in total. The molecule has 0 atom stereocenters. The highest BCUT2D eigenvalue weighted by Gasteiger charge is 2.19. The smallest absolute Gasteiger partial charge is 0.335 e. The number of carboxylic acids is 2. The van der Waals surface area contributed by atoms with E-state index in [1.807, 2.05) is 0 Å². The number of carbonyl (C=O) groups excluding carboxylic acids is 2. The number of benzene rings is 2. The summed E-state index contributed by atoms with van der Waals surface area (Å²) < 4.78 is 0. The second-order valence-corrected chi connectivity index (χ2v) is 5.46. The van der Waals surface area contributed by atoms with Gasteiger partial charge in [-0.1, -0.05) is 0 Å². The summed E-state index contributed by atoms with van der Waals surface area (Å²) in [4.78, 5) is 45.9. The van der Waals surface area contributed by atoms with Crippen LogP contribution in [0.15, 0.2) is 36.4 Å². The van der Waals surface area contributed by atoms with Gasteiger partial charge in [-0.25, -0.2) is 9.59 Å². The van der Waals surface area contributed by atoms with Gasteiger partial charge < -0.3 is 20.8 Å². The van der Waals surface area contributed by atoms with Gasteiger partial charge in [0.25, 0.3) is 5.91 Å². The first-order valence-corrected chi connectivity index (χ1v) is 7.19. The second-order valence-electron chi connectivity index (χ2n) is 5.46. The largest absolute Gasteiger partial charge is 0.478 e. The molecule has 2 aromatic carbocycles. The normalized spacial score (nSPS) is 12.2. The Morgan fingerprint density at radius 1 is 0.920 bits per heavy atom. The summed E-state index contributed by atoms with van der Waals surface area (Å²) in [5, 5.41) is 23.2. The number of carboxylic acid groups (broad SMARTS) is 2. The van der Waals surface area contributed by atoms with Crippen molar-refractivity contribution in [1.29, 1.82) is 0 Å². The molecule has 25 heavy (non-hydrogen) atoms. The molecule has 2 aromatic rings. The molecule has 1 aliphatic heterocycles. The number of hydrogen-bond donors (Lipinski definition) is 4. The highest BCUT2D eigenvalue weighted by Crippen LogP contribution is 2.24. The van der Waals surface area contributed by atoms with Gasteiger partial charge in [-0.05, 0) is 42.0 Å². The molecule has 0 spiro atoms. The van der Waals surface area contributed by atoms with Crippen molar-refractivity contribution >= 4 is 35.1 Å². The molecule has 0 aliphatic carbocycles. The van der Waals surface area contributed by atoms with Crippen LogP contribution in [0, 0.1) is 0 Å².